The lowest BCUT2D eigenvalue weighted by molar-refractivity contribution is -0.116. The molecule has 0 unspecified atom stereocenters. The van der Waals surface area contributed by atoms with Crippen LogP contribution in [0.1, 0.15) is 64.2 Å². The molecule has 1 saturated heterocycles. The van der Waals surface area contributed by atoms with Gasteiger partial charge in [0.15, 0.2) is 8.32 Å². The van der Waals surface area contributed by atoms with Gasteiger partial charge in [-0.05, 0) is 84.9 Å². The van der Waals surface area contributed by atoms with Gasteiger partial charge in [-0.1, -0.05) is 87.5 Å². The minimum Gasteiger partial charge on any atom is -0.506 e. The number of phenolic OH excluding ortho intramolecular Hbond substituents is 1. The molecule has 0 spiro atoms. The van der Waals surface area contributed by atoms with Crippen LogP contribution < -0.4 is 21.5 Å². The van der Waals surface area contributed by atoms with Crippen molar-refractivity contribution in [2.75, 3.05) is 36.8 Å². The molecule has 11 nitrogen and oxygen atoms in total. The predicted octanol–water partition coefficient (Wildman–Crippen LogP) is 9.19. The highest BCUT2D eigenvalue weighted by Gasteiger charge is 2.40. The number of carbonyl (C=O) groups excluding carboxylic acids is 2. The van der Waals surface area contributed by atoms with E-state index in [-0.39, 0.29) is 28.4 Å². The molecule has 1 atom stereocenters. The number of pyridine rings is 1. The van der Waals surface area contributed by atoms with Gasteiger partial charge in [0.1, 0.15) is 11.4 Å². The van der Waals surface area contributed by atoms with Crippen molar-refractivity contribution >= 4 is 42.6 Å². The van der Waals surface area contributed by atoms with E-state index in [0.29, 0.717) is 50.1 Å². The molecule has 0 radical (unpaired) electrons. The smallest absolute Gasteiger partial charge is 0.412 e. The van der Waals surface area contributed by atoms with E-state index in [1.807, 2.05) is 91.9 Å². The lowest BCUT2D eigenvalue weighted by Crippen LogP contribution is -2.46. The summed E-state index contributed by atoms with van der Waals surface area (Å²) in [6.07, 6.45) is 0.915. The summed E-state index contributed by atoms with van der Waals surface area (Å²) in [6.45, 7) is 16.2. The third kappa shape index (κ3) is 10.8. The summed E-state index contributed by atoms with van der Waals surface area (Å²) in [5, 5.41) is 20.8. The first-order valence-corrected chi connectivity index (χ1v) is 23.0. The highest BCUT2D eigenvalue weighted by Crippen LogP contribution is 2.41. The topological polar surface area (TPSA) is 145 Å². The lowest BCUT2D eigenvalue weighted by atomic mass is 9.93. The zero-order valence-electron chi connectivity index (χ0n) is 34.5. The van der Waals surface area contributed by atoms with E-state index >= 15 is 0 Å². The first-order valence-electron chi connectivity index (χ1n) is 20.1. The van der Waals surface area contributed by atoms with Crippen LogP contribution in [0.15, 0.2) is 108 Å². The number of hydrogen-bond donors (Lipinski definition) is 5. The van der Waals surface area contributed by atoms with Crippen molar-refractivity contribution in [3.8, 4) is 16.9 Å². The van der Waals surface area contributed by atoms with Crippen molar-refractivity contribution in [3.63, 3.8) is 0 Å². The summed E-state index contributed by atoms with van der Waals surface area (Å²) < 4.78 is 12.9. The van der Waals surface area contributed by atoms with Crippen molar-refractivity contribution < 1.29 is 23.9 Å². The monoisotopic (exact) mass is 803 g/mol. The van der Waals surface area contributed by atoms with Crippen molar-refractivity contribution in [1.29, 1.82) is 0 Å². The van der Waals surface area contributed by atoms with Gasteiger partial charge in [0.05, 0.1) is 17.3 Å². The Morgan fingerprint density at radius 3 is 2.29 bits per heavy atom. The maximum Gasteiger partial charge on any atom is 0.412 e. The van der Waals surface area contributed by atoms with E-state index < -0.39 is 20.0 Å². The number of phenols is 1. The number of aromatic amines is 1. The SMILES string of the molecule is CC1(OC(=O)Nc2ccccc2-c2ccccc2)CCN(CCC(=O)Nc2ccc(CNC[C@@H](O[Si](C)(C)C(C)(C)C)c3ccc(O)c4[nH]c(=O)ccc34)cc2)CC1. The van der Waals surface area contributed by atoms with E-state index in [0.717, 1.165) is 46.4 Å². The van der Waals surface area contributed by atoms with E-state index in [1.54, 1.807) is 12.1 Å². The molecule has 0 bridgehead atoms. The van der Waals surface area contributed by atoms with Crippen LogP contribution in [0, 0.1) is 0 Å². The third-order valence-electron chi connectivity index (χ3n) is 11.5. The number of aromatic nitrogens is 1. The maximum atomic E-state index is 13.0. The molecule has 5 N–H and O–H groups in total. The number of benzene rings is 4. The van der Waals surface area contributed by atoms with Gasteiger partial charge in [0, 0.05) is 61.8 Å². The Morgan fingerprint density at radius 1 is 0.897 bits per heavy atom. The van der Waals surface area contributed by atoms with E-state index in [1.165, 1.54) is 6.07 Å². The highest BCUT2D eigenvalue weighted by molar-refractivity contribution is 6.74. The fraction of sp³-hybridized carbons (Fsp3) is 0.370. The van der Waals surface area contributed by atoms with Gasteiger partial charge in [0.2, 0.25) is 11.5 Å². The minimum atomic E-state index is -2.21. The number of fused-ring (bicyclic) bond motifs is 1. The Labute approximate surface area is 342 Å². The van der Waals surface area contributed by atoms with Gasteiger partial charge in [0.25, 0.3) is 0 Å². The molecule has 0 aliphatic carbocycles. The number of nitrogens with one attached hydrogen (secondary N) is 4. The van der Waals surface area contributed by atoms with Gasteiger partial charge in [-0.15, -0.1) is 0 Å². The van der Waals surface area contributed by atoms with Crippen molar-refractivity contribution in [2.45, 2.75) is 83.3 Å². The normalized spacial score (nSPS) is 15.1. The van der Waals surface area contributed by atoms with Gasteiger partial charge in [-0.3, -0.25) is 14.9 Å². The number of piperidine rings is 1. The third-order valence-corrected chi connectivity index (χ3v) is 16.0. The number of aromatic hydroxyl groups is 1. The number of hydrogen-bond acceptors (Lipinski definition) is 8. The van der Waals surface area contributed by atoms with E-state index in [4.69, 9.17) is 9.16 Å². The fourth-order valence-corrected chi connectivity index (χ4v) is 8.27. The number of anilines is 2. The van der Waals surface area contributed by atoms with Crippen LogP contribution in [-0.2, 0) is 20.5 Å². The number of likely N-dealkylation sites (tertiary alicyclic amines) is 1. The standard InChI is InChI=1S/C46H57N5O6Si/c1-45(2,3)58(5,6)57-40(36-20-22-39(52)43-37(36)21-23-41(53)50-43)31-47-30-32-16-18-34(19-17-32)48-42(54)24-27-51-28-25-46(4,26-29-51)56-44(55)49-38-15-11-10-14-35(38)33-12-8-7-9-13-33/h7-23,40,47,52H,24-31H2,1-6H3,(H,48,54)(H,49,55)(H,50,53)/t40-/m1/s1. The molecule has 2 heterocycles. The Kier molecular flexibility index (Phi) is 13.2. The number of rotatable bonds is 14. The minimum absolute atomic E-state index is 0.0202. The second-order valence-electron chi connectivity index (χ2n) is 17.0. The van der Waals surface area contributed by atoms with Gasteiger partial charge in [-0.25, -0.2) is 4.79 Å². The van der Waals surface area contributed by atoms with Crippen LogP contribution in [0.4, 0.5) is 16.2 Å². The number of H-pyrrole nitrogens is 1. The Morgan fingerprint density at radius 2 is 1.59 bits per heavy atom. The van der Waals surface area contributed by atoms with Crippen LogP contribution in [0.3, 0.4) is 0 Å². The molecule has 5 aromatic rings. The van der Waals surface area contributed by atoms with Gasteiger partial charge < -0.3 is 34.8 Å². The largest absolute Gasteiger partial charge is 0.506 e. The van der Waals surface area contributed by atoms with E-state index in [2.05, 4.69) is 59.7 Å². The van der Waals surface area contributed by atoms with Crippen LogP contribution in [0.2, 0.25) is 18.1 Å². The van der Waals surface area contributed by atoms with Crippen LogP contribution in [-0.4, -0.2) is 67.1 Å². The van der Waals surface area contributed by atoms with Crippen molar-refractivity contribution in [3.05, 3.63) is 125 Å². The quantitative estimate of drug-likeness (QED) is 0.0700. The molecule has 0 saturated carbocycles. The second-order valence-corrected chi connectivity index (χ2v) is 21.8. The first kappa shape index (κ1) is 42.3. The molecule has 1 aliphatic rings. The fourth-order valence-electron chi connectivity index (χ4n) is 7.00. The van der Waals surface area contributed by atoms with Gasteiger partial charge >= 0.3 is 6.09 Å². The molecule has 4 aromatic carbocycles. The zero-order valence-corrected chi connectivity index (χ0v) is 35.5. The maximum absolute atomic E-state index is 13.0. The zero-order chi connectivity index (χ0) is 41.5. The molecule has 1 fully saturated rings. The molecular formula is C46H57N5O6Si. The van der Waals surface area contributed by atoms with E-state index in [9.17, 15) is 19.5 Å². The average Bonchev–Trinajstić information content (AvgIpc) is 3.18. The highest BCUT2D eigenvalue weighted by atomic mass is 28.4. The first-order chi connectivity index (χ1) is 27.6. The summed E-state index contributed by atoms with van der Waals surface area (Å²) in [6, 6.07) is 32.1. The Hall–Kier alpha value is -5.27. The molecule has 12 heteroatoms. The average molecular weight is 804 g/mol. The van der Waals surface area contributed by atoms with Crippen molar-refractivity contribution in [2.24, 2.45) is 0 Å². The molecule has 58 heavy (non-hydrogen) atoms. The predicted molar refractivity (Wildman–Crippen MR) is 235 cm³/mol. The molecule has 306 valence electrons. The molecular weight excluding hydrogens is 747 g/mol. The molecule has 1 aromatic heterocycles. The number of carbonyl (C=O) groups is 2. The molecule has 1 aliphatic heterocycles. The summed E-state index contributed by atoms with van der Waals surface area (Å²) in [7, 11) is -2.21. The second kappa shape index (κ2) is 18.1. The molecule has 6 rings (SSSR count). The number of amides is 2. The Balaban J connectivity index is 0.959. The number of ether oxygens (including phenoxy) is 1. The summed E-state index contributed by atoms with van der Waals surface area (Å²) in [5.41, 5.74) is 4.87. The summed E-state index contributed by atoms with van der Waals surface area (Å²) in [5.74, 6) is -0.0347. The van der Waals surface area contributed by atoms with Crippen LogP contribution in [0.5, 0.6) is 5.75 Å². The number of nitrogens with zero attached hydrogens (tertiary/aromatic N) is 1. The van der Waals surface area contributed by atoms with Crippen LogP contribution >= 0.6 is 0 Å². The Bertz CT molecular complexity index is 2250. The van der Waals surface area contributed by atoms with Crippen molar-refractivity contribution in [1.82, 2.24) is 15.2 Å². The van der Waals surface area contributed by atoms with Gasteiger partial charge in [-0.2, -0.15) is 0 Å². The molecule has 2 amide bonds. The van der Waals surface area contributed by atoms with Crippen LogP contribution in [0.25, 0.3) is 22.0 Å². The number of para-hydroxylation sites is 1. The summed E-state index contributed by atoms with van der Waals surface area (Å²) in [4.78, 5) is 43.0. The lowest BCUT2D eigenvalue weighted by Gasteiger charge is -2.39. The summed E-state index contributed by atoms with van der Waals surface area (Å²) >= 11 is 0.